The molecule has 0 heterocycles. The molecule has 29 heavy (non-hydrogen) atoms. The Kier molecular flexibility index (Phi) is 6.65. The van der Waals surface area contributed by atoms with Gasteiger partial charge in [0.15, 0.2) is 0 Å². The highest BCUT2D eigenvalue weighted by atomic mass is 79.9. The number of nitriles is 1. The van der Waals surface area contributed by atoms with Gasteiger partial charge in [-0.3, -0.25) is 10.1 Å². The fraction of sp³-hybridized carbons (Fsp3) is 0.0455. The third-order valence-electron chi connectivity index (χ3n) is 4.10. The number of nitro groups is 1. The number of non-ortho nitro benzene ring substituents is 1. The summed E-state index contributed by atoms with van der Waals surface area (Å²) >= 11 is 9.62. The van der Waals surface area contributed by atoms with E-state index in [1.54, 1.807) is 36.4 Å². The molecule has 5 nitrogen and oxygen atoms in total. The summed E-state index contributed by atoms with van der Waals surface area (Å²) in [6.45, 7) is 0.324. The van der Waals surface area contributed by atoms with Gasteiger partial charge in [-0.05, 0) is 51.3 Å². The van der Waals surface area contributed by atoms with E-state index in [2.05, 4.69) is 22.0 Å². The van der Waals surface area contributed by atoms with Crippen LogP contribution in [0, 0.1) is 21.4 Å². The van der Waals surface area contributed by atoms with E-state index in [0.29, 0.717) is 28.5 Å². The van der Waals surface area contributed by atoms with Gasteiger partial charge in [-0.15, -0.1) is 0 Å². The van der Waals surface area contributed by atoms with E-state index in [4.69, 9.17) is 16.3 Å². The molecule has 0 aliphatic carbocycles. The van der Waals surface area contributed by atoms with Gasteiger partial charge in [0.05, 0.1) is 21.0 Å². The van der Waals surface area contributed by atoms with Gasteiger partial charge in [-0.25, -0.2) is 0 Å². The average Bonchev–Trinajstić information content (AvgIpc) is 2.72. The standard InChI is InChI=1S/C22H14BrClN2O3/c23-20-11-15(8-9-22(20)29-14-17-4-1-2-7-21(17)24)10-18(13-25)16-5-3-6-19(12-16)26(27)28/h1-12H,14H2/b18-10-. The minimum Gasteiger partial charge on any atom is -0.488 e. The molecule has 0 aromatic heterocycles. The first-order chi connectivity index (χ1) is 14.0. The second-order valence-corrected chi connectivity index (χ2v) is 7.31. The van der Waals surface area contributed by atoms with Crippen LogP contribution in [0.4, 0.5) is 5.69 Å². The Bertz CT molecular complexity index is 1140. The van der Waals surface area contributed by atoms with Gasteiger partial charge in [0, 0.05) is 22.7 Å². The lowest BCUT2D eigenvalue weighted by Crippen LogP contribution is -1.97. The third-order valence-corrected chi connectivity index (χ3v) is 5.08. The number of ether oxygens (including phenoxy) is 1. The molecule has 0 spiro atoms. The van der Waals surface area contributed by atoms with E-state index in [1.165, 1.54) is 12.1 Å². The molecule has 0 atom stereocenters. The molecule has 0 saturated carbocycles. The topological polar surface area (TPSA) is 76.2 Å². The van der Waals surface area contributed by atoms with Gasteiger partial charge in [0.1, 0.15) is 12.4 Å². The van der Waals surface area contributed by atoms with E-state index in [-0.39, 0.29) is 5.69 Å². The zero-order chi connectivity index (χ0) is 20.8. The normalized spacial score (nSPS) is 11.0. The Balaban J connectivity index is 1.81. The molecule has 3 aromatic rings. The van der Waals surface area contributed by atoms with Crippen molar-refractivity contribution in [3.8, 4) is 11.8 Å². The molecule has 3 aromatic carbocycles. The minimum atomic E-state index is -0.486. The summed E-state index contributed by atoms with van der Waals surface area (Å²) in [5, 5.41) is 21.1. The third kappa shape index (κ3) is 5.23. The zero-order valence-corrected chi connectivity index (χ0v) is 17.4. The summed E-state index contributed by atoms with van der Waals surface area (Å²) in [5.74, 6) is 0.635. The Hall–Kier alpha value is -3.14. The first-order valence-electron chi connectivity index (χ1n) is 8.50. The average molecular weight is 470 g/mol. The highest BCUT2D eigenvalue weighted by Gasteiger charge is 2.10. The van der Waals surface area contributed by atoms with Gasteiger partial charge in [-0.1, -0.05) is 48.0 Å². The molecule has 3 rings (SSSR count). The lowest BCUT2D eigenvalue weighted by Gasteiger charge is -2.10. The molecule has 0 fully saturated rings. The summed E-state index contributed by atoms with van der Waals surface area (Å²) in [5.41, 5.74) is 2.38. The minimum absolute atomic E-state index is 0.0619. The maximum atomic E-state index is 11.0. The summed E-state index contributed by atoms with van der Waals surface area (Å²) in [7, 11) is 0. The van der Waals surface area contributed by atoms with Gasteiger partial charge in [0.25, 0.3) is 5.69 Å². The maximum absolute atomic E-state index is 11.0. The van der Waals surface area contributed by atoms with Crippen molar-refractivity contribution in [3.63, 3.8) is 0 Å². The van der Waals surface area contributed by atoms with Gasteiger partial charge >= 0.3 is 0 Å². The Morgan fingerprint density at radius 2 is 1.97 bits per heavy atom. The SMILES string of the molecule is N#C/C(=C/c1ccc(OCc2ccccc2Cl)c(Br)c1)c1cccc([N+](=O)[O-])c1. The molecule has 0 bridgehead atoms. The van der Waals surface area contributed by atoms with Crippen molar-refractivity contribution < 1.29 is 9.66 Å². The van der Waals surface area contributed by atoms with Crippen LogP contribution in [-0.4, -0.2) is 4.92 Å². The first-order valence-corrected chi connectivity index (χ1v) is 9.67. The van der Waals surface area contributed by atoms with Crippen LogP contribution in [0.15, 0.2) is 71.2 Å². The fourth-order valence-corrected chi connectivity index (χ4v) is 3.33. The number of halogens is 2. The number of nitro benzene ring substituents is 1. The highest BCUT2D eigenvalue weighted by molar-refractivity contribution is 9.10. The van der Waals surface area contributed by atoms with E-state index in [9.17, 15) is 15.4 Å². The predicted molar refractivity (Wildman–Crippen MR) is 117 cm³/mol. The molecule has 0 unspecified atom stereocenters. The largest absolute Gasteiger partial charge is 0.488 e. The Morgan fingerprint density at radius 3 is 2.66 bits per heavy atom. The Labute approximate surface area is 181 Å². The molecule has 0 N–H and O–H groups in total. The van der Waals surface area contributed by atoms with Crippen LogP contribution >= 0.6 is 27.5 Å². The van der Waals surface area contributed by atoms with E-state index in [0.717, 1.165) is 15.6 Å². The monoisotopic (exact) mass is 468 g/mol. The van der Waals surface area contributed by atoms with Crippen LogP contribution in [0.5, 0.6) is 5.75 Å². The van der Waals surface area contributed by atoms with Crippen molar-refractivity contribution >= 4 is 44.9 Å². The van der Waals surface area contributed by atoms with Crippen molar-refractivity contribution in [1.82, 2.24) is 0 Å². The predicted octanol–water partition coefficient (Wildman–Crippen LogP) is 6.65. The van der Waals surface area contributed by atoms with Crippen molar-refractivity contribution in [3.05, 3.63) is 103 Å². The molecule has 0 radical (unpaired) electrons. The van der Waals surface area contributed by atoms with Crippen molar-refractivity contribution in [2.75, 3.05) is 0 Å². The van der Waals surface area contributed by atoms with Crippen LogP contribution in [0.25, 0.3) is 11.6 Å². The van der Waals surface area contributed by atoms with Crippen molar-refractivity contribution in [2.45, 2.75) is 6.61 Å². The lowest BCUT2D eigenvalue weighted by atomic mass is 10.0. The van der Waals surface area contributed by atoms with Crippen LogP contribution in [-0.2, 0) is 6.61 Å². The molecule has 7 heteroatoms. The van der Waals surface area contributed by atoms with E-state index in [1.807, 2.05) is 24.3 Å². The fourth-order valence-electron chi connectivity index (χ4n) is 2.63. The first kappa shape index (κ1) is 20.6. The number of hydrogen-bond donors (Lipinski definition) is 0. The smallest absolute Gasteiger partial charge is 0.270 e. The van der Waals surface area contributed by atoms with Crippen LogP contribution in [0.1, 0.15) is 16.7 Å². The van der Waals surface area contributed by atoms with E-state index < -0.39 is 4.92 Å². The van der Waals surface area contributed by atoms with E-state index >= 15 is 0 Å². The zero-order valence-electron chi connectivity index (χ0n) is 15.0. The quantitative estimate of drug-likeness (QED) is 0.175. The maximum Gasteiger partial charge on any atom is 0.270 e. The second-order valence-electron chi connectivity index (χ2n) is 6.05. The van der Waals surface area contributed by atoms with Crippen LogP contribution in [0.3, 0.4) is 0 Å². The highest BCUT2D eigenvalue weighted by Crippen LogP contribution is 2.30. The van der Waals surface area contributed by atoms with Crippen LogP contribution in [0.2, 0.25) is 5.02 Å². The number of hydrogen-bond acceptors (Lipinski definition) is 4. The number of nitrogens with zero attached hydrogens (tertiary/aromatic N) is 2. The molecule has 0 aliphatic rings. The number of allylic oxidation sites excluding steroid dienone is 1. The summed E-state index contributed by atoms with van der Waals surface area (Å²) < 4.78 is 6.54. The molecular formula is C22H14BrClN2O3. The molecule has 0 aliphatic heterocycles. The molecular weight excluding hydrogens is 456 g/mol. The second kappa shape index (κ2) is 9.37. The summed E-state index contributed by atoms with van der Waals surface area (Å²) in [6.07, 6.45) is 1.67. The molecule has 144 valence electrons. The van der Waals surface area contributed by atoms with Gasteiger partial charge < -0.3 is 4.74 Å². The number of rotatable bonds is 6. The van der Waals surface area contributed by atoms with Crippen molar-refractivity contribution in [1.29, 1.82) is 5.26 Å². The summed E-state index contributed by atoms with van der Waals surface area (Å²) in [4.78, 5) is 10.5. The van der Waals surface area contributed by atoms with Crippen molar-refractivity contribution in [2.24, 2.45) is 0 Å². The Morgan fingerprint density at radius 1 is 1.17 bits per heavy atom. The molecule has 0 saturated heterocycles. The van der Waals surface area contributed by atoms with Gasteiger partial charge in [-0.2, -0.15) is 5.26 Å². The lowest BCUT2D eigenvalue weighted by molar-refractivity contribution is -0.384. The summed E-state index contributed by atoms with van der Waals surface area (Å²) in [6, 6.07) is 20.9. The van der Waals surface area contributed by atoms with Gasteiger partial charge in [0.2, 0.25) is 0 Å². The molecule has 0 amide bonds. The van der Waals surface area contributed by atoms with Crippen LogP contribution < -0.4 is 4.74 Å². The number of benzene rings is 3.